The summed E-state index contributed by atoms with van der Waals surface area (Å²) in [5, 5.41) is 8.78. The fourth-order valence-electron chi connectivity index (χ4n) is 2.16. The highest BCUT2D eigenvalue weighted by Gasteiger charge is 2.03. The Labute approximate surface area is 120 Å². The average Bonchev–Trinajstić information content (AvgIpc) is 2.52. The van der Waals surface area contributed by atoms with Crippen molar-refractivity contribution in [2.75, 3.05) is 11.9 Å². The van der Waals surface area contributed by atoms with Crippen molar-refractivity contribution in [3.8, 4) is 0 Å². The molecule has 0 atom stereocenters. The largest absolute Gasteiger partial charge is 0.383 e. The summed E-state index contributed by atoms with van der Waals surface area (Å²) >= 11 is 0. The molecule has 3 rings (SSSR count). The minimum absolute atomic E-state index is 0.103. The molecule has 0 radical (unpaired) electrons. The van der Waals surface area contributed by atoms with Crippen molar-refractivity contribution in [1.82, 2.24) is 9.78 Å². The van der Waals surface area contributed by atoms with E-state index in [4.69, 9.17) is 0 Å². The minimum atomic E-state index is -0.270. The van der Waals surface area contributed by atoms with Crippen LogP contribution in [0.3, 0.4) is 0 Å². The molecule has 0 aliphatic heterocycles. The predicted octanol–water partition coefficient (Wildman–Crippen LogP) is 2.65. The molecule has 0 bridgehead atoms. The van der Waals surface area contributed by atoms with Crippen LogP contribution >= 0.6 is 0 Å². The maximum absolute atomic E-state index is 12.8. The second-order valence-electron chi connectivity index (χ2n) is 4.69. The van der Waals surface area contributed by atoms with E-state index < -0.39 is 0 Å². The molecule has 0 spiro atoms. The van der Waals surface area contributed by atoms with Gasteiger partial charge in [0, 0.05) is 17.6 Å². The van der Waals surface area contributed by atoms with E-state index in [-0.39, 0.29) is 11.4 Å². The van der Waals surface area contributed by atoms with E-state index in [1.807, 2.05) is 18.2 Å². The number of nitrogens with zero attached hydrogens (tertiary/aromatic N) is 2. The van der Waals surface area contributed by atoms with Gasteiger partial charge < -0.3 is 5.32 Å². The van der Waals surface area contributed by atoms with Crippen molar-refractivity contribution < 1.29 is 4.39 Å². The van der Waals surface area contributed by atoms with Gasteiger partial charge in [-0.15, -0.1) is 0 Å². The van der Waals surface area contributed by atoms with Crippen LogP contribution in [0.15, 0.2) is 59.5 Å². The molecule has 0 saturated heterocycles. The molecule has 21 heavy (non-hydrogen) atoms. The minimum Gasteiger partial charge on any atom is -0.383 e. The number of halogens is 1. The van der Waals surface area contributed by atoms with E-state index in [0.717, 1.165) is 11.1 Å². The van der Waals surface area contributed by atoms with E-state index in [9.17, 15) is 9.18 Å². The molecule has 5 heteroatoms. The Kier molecular flexibility index (Phi) is 3.64. The van der Waals surface area contributed by atoms with E-state index in [2.05, 4.69) is 10.4 Å². The molecular weight excluding hydrogens is 269 g/mol. The van der Waals surface area contributed by atoms with Crippen molar-refractivity contribution in [3.63, 3.8) is 0 Å². The van der Waals surface area contributed by atoms with Crippen molar-refractivity contribution in [2.24, 2.45) is 0 Å². The first kappa shape index (κ1) is 13.3. The summed E-state index contributed by atoms with van der Waals surface area (Å²) in [5.74, 6) is -0.270. The molecule has 4 nitrogen and oxygen atoms in total. The zero-order chi connectivity index (χ0) is 14.7. The number of rotatable bonds is 4. The van der Waals surface area contributed by atoms with Gasteiger partial charge in [0.05, 0.1) is 18.1 Å². The van der Waals surface area contributed by atoms with Gasteiger partial charge in [0.2, 0.25) is 0 Å². The van der Waals surface area contributed by atoms with Gasteiger partial charge in [-0.25, -0.2) is 9.07 Å². The Bertz CT molecular complexity index is 812. The van der Waals surface area contributed by atoms with Crippen molar-refractivity contribution in [3.05, 3.63) is 70.9 Å². The molecular formula is C16H14FN3O. The van der Waals surface area contributed by atoms with Crippen LogP contribution < -0.4 is 10.9 Å². The average molecular weight is 283 g/mol. The van der Waals surface area contributed by atoms with E-state index in [0.29, 0.717) is 18.5 Å². The Hall–Kier alpha value is -2.69. The van der Waals surface area contributed by atoms with Crippen molar-refractivity contribution in [1.29, 1.82) is 0 Å². The molecule has 0 aliphatic rings. The van der Waals surface area contributed by atoms with Crippen molar-refractivity contribution in [2.45, 2.75) is 6.54 Å². The van der Waals surface area contributed by atoms with Gasteiger partial charge in [0.15, 0.2) is 0 Å². The molecule has 1 aromatic heterocycles. The van der Waals surface area contributed by atoms with Crippen LogP contribution in [-0.4, -0.2) is 16.3 Å². The summed E-state index contributed by atoms with van der Waals surface area (Å²) < 4.78 is 14.2. The SMILES string of the molecule is O=c1c2ccccc2cnn1CCNc1ccc(F)cc1. The third-order valence-corrected chi connectivity index (χ3v) is 3.26. The topological polar surface area (TPSA) is 46.9 Å². The molecule has 106 valence electrons. The summed E-state index contributed by atoms with van der Waals surface area (Å²) in [6.45, 7) is 0.984. The lowest BCUT2D eigenvalue weighted by Gasteiger charge is -2.08. The molecule has 0 saturated carbocycles. The van der Waals surface area contributed by atoms with Gasteiger partial charge in [-0.3, -0.25) is 4.79 Å². The molecule has 1 N–H and O–H groups in total. The van der Waals surface area contributed by atoms with Gasteiger partial charge in [-0.1, -0.05) is 18.2 Å². The lowest BCUT2D eigenvalue weighted by molar-refractivity contribution is 0.604. The lowest BCUT2D eigenvalue weighted by atomic mass is 10.2. The fourth-order valence-corrected chi connectivity index (χ4v) is 2.16. The summed E-state index contributed by atoms with van der Waals surface area (Å²) in [6.07, 6.45) is 1.69. The standard InChI is InChI=1S/C16H14FN3O/c17-13-5-7-14(8-6-13)18-9-10-20-16(21)15-4-2-1-3-12(15)11-19-20/h1-8,11,18H,9-10H2. The molecule has 2 aromatic carbocycles. The highest BCUT2D eigenvalue weighted by Crippen LogP contribution is 2.08. The van der Waals surface area contributed by atoms with E-state index in [1.165, 1.54) is 16.8 Å². The Balaban J connectivity index is 1.72. The summed E-state index contributed by atoms with van der Waals surface area (Å²) in [5.41, 5.74) is 0.708. The third-order valence-electron chi connectivity index (χ3n) is 3.26. The smallest absolute Gasteiger partial charge is 0.274 e. The Morgan fingerprint density at radius 3 is 2.67 bits per heavy atom. The first-order valence-electron chi connectivity index (χ1n) is 6.68. The second-order valence-corrected chi connectivity index (χ2v) is 4.69. The predicted molar refractivity (Wildman–Crippen MR) is 80.9 cm³/mol. The normalized spacial score (nSPS) is 10.7. The van der Waals surface area contributed by atoms with Crippen LogP contribution in [-0.2, 0) is 6.54 Å². The number of hydrogen-bond donors (Lipinski definition) is 1. The first-order valence-corrected chi connectivity index (χ1v) is 6.68. The van der Waals surface area contributed by atoms with Gasteiger partial charge in [0.1, 0.15) is 5.82 Å². The molecule has 0 unspecified atom stereocenters. The number of aromatic nitrogens is 2. The highest BCUT2D eigenvalue weighted by molar-refractivity contribution is 5.80. The van der Waals surface area contributed by atoms with E-state index >= 15 is 0 Å². The number of fused-ring (bicyclic) bond motifs is 1. The third kappa shape index (κ3) is 2.91. The number of nitrogens with one attached hydrogen (secondary N) is 1. The Morgan fingerprint density at radius 2 is 1.86 bits per heavy atom. The number of anilines is 1. The summed E-state index contributed by atoms with van der Waals surface area (Å²) in [7, 11) is 0. The fraction of sp³-hybridized carbons (Fsp3) is 0.125. The molecule has 3 aromatic rings. The van der Waals surface area contributed by atoms with Crippen molar-refractivity contribution >= 4 is 16.5 Å². The van der Waals surface area contributed by atoms with Crippen LogP contribution in [0.4, 0.5) is 10.1 Å². The van der Waals surface area contributed by atoms with Crippen LogP contribution in [0.2, 0.25) is 0 Å². The van der Waals surface area contributed by atoms with Crippen LogP contribution in [0.25, 0.3) is 10.8 Å². The number of hydrogen-bond acceptors (Lipinski definition) is 3. The van der Waals surface area contributed by atoms with Gasteiger partial charge in [-0.2, -0.15) is 5.10 Å². The van der Waals surface area contributed by atoms with Gasteiger partial charge in [0.25, 0.3) is 5.56 Å². The molecule has 0 amide bonds. The number of benzene rings is 2. The highest BCUT2D eigenvalue weighted by atomic mass is 19.1. The first-order chi connectivity index (χ1) is 10.2. The van der Waals surface area contributed by atoms with Crippen LogP contribution in [0.1, 0.15) is 0 Å². The molecule has 1 heterocycles. The zero-order valence-electron chi connectivity index (χ0n) is 11.3. The zero-order valence-corrected chi connectivity index (χ0v) is 11.3. The van der Waals surface area contributed by atoms with Crippen LogP contribution in [0.5, 0.6) is 0 Å². The van der Waals surface area contributed by atoms with E-state index in [1.54, 1.807) is 24.4 Å². The monoisotopic (exact) mass is 283 g/mol. The quantitative estimate of drug-likeness (QED) is 0.800. The summed E-state index contributed by atoms with van der Waals surface area (Å²) in [4.78, 5) is 12.2. The molecule has 0 fully saturated rings. The van der Waals surface area contributed by atoms with Gasteiger partial charge in [-0.05, 0) is 30.3 Å². The second kappa shape index (κ2) is 5.75. The molecule has 0 aliphatic carbocycles. The Morgan fingerprint density at radius 1 is 1.10 bits per heavy atom. The maximum Gasteiger partial charge on any atom is 0.274 e. The lowest BCUT2D eigenvalue weighted by Crippen LogP contribution is -2.26. The summed E-state index contributed by atoms with van der Waals surface area (Å²) in [6, 6.07) is 13.5. The maximum atomic E-state index is 12.8. The van der Waals surface area contributed by atoms with Gasteiger partial charge >= 0.3 is 0 Å². The van der Waals surface area contributed by atoms with Crippen LogP contribution in [0, 0.1) is 5.82 Å².